The van der Waals surface area contributed by atoms with Crippen LogP contribution in [0.3, 0.4) is 0 Å². The molecule has 7 rings (SSSR count). The van der Waals surface area contributed by atoms with Gasteiger partial charge < -0.3 is 109 Å². The maximum atomic E-state index is 14.5. The molecular weight excluding hydrogens is 900 g/mol. The van der Waals surface area contributed by atoms with Crippen LogP contribution in [0.5, 0.6) is 34.5 Å². The van der Waals surface area contributed by atoms with E-state index in [1.54, 1.807) is 0 Å². The summed E-state index contributed by atoms with van der Waals surface area (Å²) in [5.74, 6) is -3.75. The second-order valence-electron chi connectivity index (χ2n) is 15.6. The molecule has 3 aliphatic heterocycles. The minimum Gasteiger partial charge on any atom is -0.508 e. The topological polar surface area (TPSA) is 384 Å². The molecule has 1 aromatic heterocycles. The van der Waals surface area contributed by atoms with Gasteiger partial charge in [-0.3, -0.25) is 4.79 Å². The monoisotopic (exact) mass is 948 g/mol. The number of methoxy groups -OCH3 is 1. The number of carbonyl (C=O) groups is 1. The van der Waals surface area contributed by atoms with Gasteiger partial charge in [-0.15, -0.1) is 0 Å². The summed E-state index contributed by atoms with van der Waals surface area (Å²) in [6.07, 6.45) is -25.6. The number of carbonyl (C=O) groups excluding carboxylic acids is 1. The van der Waals surface area contributed by atoms with E-state index < -0.39 is 152 Å². The van der Waals surface area contributed by atoms with Gasteiger partial charge in [0.15, 0.2) is 35.8 Å². The fourth-order valence-corrected chi connectivity index (χ4v) is 7.54. The second-order valence-corrected chi connectivity index (χ2v) is 15.6. The van der Waals surface area contributed by atoms with Crippen LogP contribution in [-0.2, 0) is 28.5 Å². The lowest BCUT2D eigenvalue weighted by atomic mass is 9.97. The number of aromatic hydroxyl groups is 3. The number of benzene rings is 3. The average Bonchev–Trinajstić information content (AvgIpc) is 3.31. The molecule has 0 saturated carbocycles. The van der Waals surface area contributed by atoms with Gasteiger partial charge in [-0.1, -0.05) is 6.07 Å². The third-order valence-electron chi connectivity index (χ3n) is 11.2. The van der Waals surface area contributed by atoms with Crippen LogP contribution in [0.2, 0.25) is 0 Å². The Balaban J connectivity index is 1.21. The first-order valence-electron chi connectivity index (χ1n) is 20.4. The van der Waals surface area contributed by atoms with Crippen LogP contribution in [0.25, 0.3) is 28.4 Å². The van der Waals surface area contributed by atoms with Crippen LogP contribution in [-0.4, -0.2) is 191 Å². The molecule has 67 heavy (non-hydrogen) atoms. The van der Waals surface area contributed by atoms with Crippen molar-refractivity contribution in [3.05, 3.63) is 76.5 Å². The first-order chi connectivity index (χ1) is 32.0. The van der Waals surface area contributed by atoms with E-state index in [0.717, 1.165) is 18.2 Å². The number of hydrogen-bond acceptors (Lipinski definition) is 24. The normalized spacial score (nSPS) is 32.3. The molecule has 0 aliphatic carbocycles. The third-order valence-corrected chi connectivity index (χ3v) is 11.2. The number of ether oxygens (including phenoxy) is 8. The lowest BCUT2D eigenvalue weighted by Gasteiger charge is -2.46. The first-order valence-corrected chi connectivity index (χ1v) is 20.4. The summed E-state index contributed by atoms with van der Waals surface area (Å²) in [4.78, 5) is 27.4. The zero-order valence-corrected chi connectivity index (χ0v) is 34.9. The Morgan fingerprint density at radius 1 is 0.657 bits per heavy atom. The molecule has 0 bridgehead atoms. The van der Waals surface area contributed by atoms with Crippen LogP contribution in [0.15, 0.2) is 69.9 Å². The van der Waals surface area contributed by atoms with E-state index in [1.807, 2.05) is 0 Å². The van der Waals surface area contributed by atoms with Crippen molar-refractivity contribution in [1.29, 1.82) is 0 Å². The highest BCUT2D eigenvalue weighted by Gasteiger charge is 2.53. The Labute approximate surface area is 377 Å². The summed E-state index contributed by atoms with van der Waals surface area (Å²) >= 11 is 0. The molecule has 3 fully saturated rings. The Bertz CT molecular complexity index is 2440. The summed E-state index contributed by atoms with van der Waals surface area (Å²) in [7, 11) is 1.31. The van der Waals surface area contributed by atoms with E-state index in [-0.39, 0.29) is 28.6 Å². The summed E-state index contributed by atoms with van der Waals surface area (Å²) in [6.45, 7) is -2.65. The molecule has 0 spiro atoms. The van der Waals surface area contributed by atoms with E-state index in [4.69, 9.17) is 42.3 Å². The molecule has 13 N–H and O–H groups in total. The number of hydrogen-bond donors (Lipinski definition) is 13. The Hall–Kier alpha value is -5.68. The summed E-state index contributed by atoms with van der Waals surface area (Å²) in [5, 5.41) is 136. The van der Waals surface area contributed by atoms with Crippen molar-refractivity contribution in [3.63, 3.8) is 0 Å². The van der Waals surface area contributed by atoms with Gasteiger partial charge in [-0.2, -0.15) is 0 Å². The molecule has 3 aromatic carbocycles. The number of aliphatic hydroxyl groups is 10. The Kier molecular flexibility index (Phi) is 15.2. The number of fused-ring (bicyclic) bond motifs is 1. The lowest BCUT2D eigenvalue weighted by Crippen LogP contribution is -2.65. The molecule has 24 heteroatoms. The van der Waals surface area contributed by atoms with Crippen molar-refractivity contribution in [2.24, 2.45) is 0 Å². The highest BCUT2D eigenvalue weighted by molar-refractivity contribution is 5.89. The fraction of sp³-hybridized carbons (Fsp3) is 0.442. The SMILES string of the molecule is COc1cc(C=CC(=O)O[C@@H]2[C@@H](O)[C@H](O[C@H]3[C@H](Oc4c(-c5ccc(O)cc5)oc5cc(O[C@@H]6O[C@H](CO)[C@@H](O)[C@H](O)[C@H]6O)cc(O)c5c4=O)O[C@H](CO)[C@@H](O)[C@@H]3O)O[C@H](CO)[C@H]2O)ccc1O. The number of rotatable bonds is 14. The largest absolute Gasteiger partial charge is 0.508 e. The van der Waals surface area contributed by atoms with E-state index in [0.29, 0.717) is 5.56 Å². The second kappa shape index (κ2) is 20.7. The molecule has 4 heterocycles. The minimum atomic E-state index is -2.11. The number of phenols is 3. The molecule has 4 aromatic rings. The maximum absolute atomic E-state index is 14.5. The summed E-state index contributed by atoms with van der Waals surface area (Å²) < 4.78 is 50.8. The molecule has 0 unspecified atom stereocenters. The predicted octanol–water partition coefficient (Wildman–Crippen LogP) is -2.97. The minimum absolute atomic E-state index is 0.0354. The Morgan fingerprint density at radius 3 is 1.94 bits per heavy atom. The van der Waals surface area contributed by atoms with Crippen LogP contribution in [0.1, 0.15) is 5.56 Å². The number of aliphatic hydroxyl groups excluding tert-OH is 10. The van der Waals surface area contributed by atoms with Crippen LogP contribution in [0.4, 0.5) is 0 Å². The molecule has 364 valence electrons. The van der Waals surface area contributed by atoms with Crippen LogP contribution < -0.4 is 19.6 Å². The zero-order chi connectivity index (χ0) is 48.4. The maximum Gasteiger partial charge on any atom is 0.331 e. The highest BCUT2D eigenvalue weighted by atomic mass is 16.8. The van der Waals surface area contributed by atoms with Gasteiger partial charge in [0.1, 0.15) is 89.3 Å². The van der Waals surface area contributed by atoms with Gasteiger partial charge in [0.2, 0.25) is 23.8 Å². The van der Waals surface area contributed by atoms with E-state index >= 15 is 0 Å². The fourth-order valence-electron chi connectivity index (χ4n) is 7.54. The van der Waals surface area contributed by atoms with Crippen molar-refractivity contribution in [2.75, 3.05) is 26.9 Å². The molecule has 3 saturated heterocycles. The number of esters is 1. The molecule has 15 atom stereocenters. The van der Waals surface area contributed by atoms with E-state index in [9.17, 15) is 76.0 Å². The van der Waals surface area contributed by atoms with Crippen LogP contribution in [0, 0.1) is 0 Å². The first kappa shape index (κ1) is 49.2. The molecule has 0 radical (unpaired) electrons. The predicted molar refractivity (Wildman–Crippen MR) is 220 cm³/mol. The van der Waals surface area contributed by atoms with Gasteiger partial charge in [-0.05, 0) is 48.0 Å². The average molecular weight is 949 g/mol. The molecule has 0 amide bonds. The summed E-state index contributed by atoms with van der Waals surface area (Å²) in [6, 6.07) is 11.1. The van der Waals surface area contributed by atoms with Crippen molar-refractivity contribution < 1.29 is 113 Å². The van der Waals surface area contributed by atoms with Gasteiger partial charge in [-0.25, -0.2) is 4.79 Å². The van der Waals surface area contributed by atoms with Crippen LogP contribution >= 0.6 is 0 Å². The quantitative estimate of drug-likeness (QED) is 0.0443. The van der Waals surface area contributed by atoms with Crippen molar-refractivity contribution >= 4 is 23.0 Å². The van der Waals surface area contributed by atoms with Gasteiger partial charge >= 0.3 is 5.97 Å². The standard InChI is InChI=1S/C43H48O24/c1-59-22-10-16(2-8-20(22)48)3-9-27(50)65-38-31(53)26(15-46)63-42(36(38)58)67-40-34(56)30(52)25(14-45)64-43(40)66-39-32(54)28-21(49)11-19(60-41-35(57)33(55)29(51)24(13-44)62-41)12-23(28)61-37(39)17-4-6-18(47)7-5-17/h2-12,24-26,29-31,33-36,38,40-49,51-53,55-58H,13-15H2,1H3/t24-,25-,26-,29-,30-,31-,33+,34+,35-,36-,38+,40-,41-,42+,43+/m1/s1. The molecule has 24 nitrogen and oxygen atoms in total. The van der Waals surface area contributed by atoms with Gasteiger partial charge in [0.05, 0.1) is 26.9 Å². The number of phenolic OH excluding ortho intramolecular Hbond substituents is 3. The Morgan fingerprint density at radius 2 is 1.28 bits per heavy atom. The smallest absolute Gasteiger partial charge is 0.331 e. The van der Waals surface area contributed by atoms with Gasteiger partial charge in [0, 0.05) is 23.8 Å². The van der Waals surface area contributed by atoms with Gasteiger partial charge in [0.25, 0.3) is 0 Å². The molecular formula is C43H48O24. The van der Waals surface area contributed by atoms with Crippen molar-refractivity contribution in [1.82, 2.24) is 0 Å². The highest BCUT2D eigenvalue weighted by Crippen LogP contribution is 2.40. The molecule has 3 aliphatic rings. The zero-order valence-electron chi connectivity index (χ0n) is 34.9. The van der Waals surface area contributed by atoms with Crippen molar-refractivity contribution in [3.8, 4) is 45.8 Å². The van der Waals surface area contributed by atoms with Crippen molar-refractivity contribution in [2.45, 2.75) is 92.1 Å². The lowest BCUT2D eigenvalue weighted by molar-refractivity contribution is -0.358. The van der Waals surface area contributed by atoms with E-state index in [1.165, 1.54) is 55.7 Å². The third kappa shape index (κ3) is 10.1. The summed E-state index contributed by atoms with van der Waals surface area (Å²) in [5.41, 5.74) is -1.12. The van der Waals surface area contributed by atoms with E-state index in [2.05, 4.69) is 0 Å².